The Kier molecular flexibility index (Phi) is 7.26. The van der Waals surface area contributed by atoms with Gasteiger partial charge in [0.05, 0.1) is 12.9 Å². The van der Waals surface area contributed by atoms with Crippen molar-refractivity contribution in [2.45, 2.75) is 18.2 Å². The number of nitrogens with zero attached hydrogens (tertiary/aromatic N) is 2. The molecule has 10 heteroatoms. The van der Waals surface area contributed by atoms with Crippen molar-refractivity contribution in [3.8, 4) is 5.75 Å². The van der Waals surface area contributed by atoms with Crippen LogP contribution in [0.2, 0.25) is 0 Å². The Hall–Kier alpha value is -3.11. The molecular weight excluding hydrogens is 422 g/mol. The summed E-state index contributed by atoms with van der Waals surface area (Å²) < 4.78 is 5.67. The number of thioether (sulfide) groups is 1. The first-order valence-corrected chi connectivity index (χ1v) is 10.8. The van der Waals surface area contributed by atoms with Crippen molar-refractivity contribution in [1.29, 1.82) is 0 Å². The normalized spacial score (nSPS) is 10.4. The molecule has 0 aliphatic heterocycles. The number of hydrogen-bond acceptors (Lipinski definition) is 7. The number of hydrogen-bond donors (Lipinski definition) is 3. The minimum absolute atomic E-state index is 0.129. The molecule has 0 saturated heterocycles. The zero-order valence-corrected chi connectivity index (χ0v) is 18.3. The first-order chi connectivity index (χ1) is 14.4. The van der Waals surface area contributed by atoms with Gasteiger partial charge in [-0.1, -0.05) is 35.2 Å². The average Bonchev–Trinajstić information content (AvgIpc) is 3.17. The van der Waals surface area contributed by atoms with Crippen LogP contribution in [0.25, 0.3) is 0 Å². The van der Waals surface area contributed by atoms with E-state index in [9.17, 15) is 9.59 Å². The predicted octanol–water partition coefficient (Wildman–Crippen LogP) is 4.54. The molecule has 0 saturated carbocycles. The van der Waals surface area contributed by atoms with E-state index in [1.807, 2.05) is 32.0 Å². The van der Waals surface area contributed by atoms with Gasteiger partial charge in [0.15, 0.2) is 4.34 Å². The van der Waals surface area contributed by atoms with Crippen LogP contribution in [-0.2, 0) is 4.79 Å². The maximum atomic E-state index is 12.2. The van der Waals surface area contributed by atoms with E-state index >= 15 is 0 Å². The standard InChI is InChI=1S/C20H21N5O3S2/c1-12-4-5-13(2)16(10-12)22-17(26)11-29-20-25-24-19(30-20)23-18(27)21-14-6-8-15(28-3)9-7-14/h4-10H,11H2,1-3H3,(H,22,26)(H2,21,23,24,27). The van der Waals surface area contributed by atoms with E-state index in [0.717, 1.165) is 16.8 Å². The second-order valence-corrected chi connectivity index (χ2v) is 8.54. The Balaban J connectivity index is 1.47. The van der Waals surface area contributed by atoms with Gasteiger partial charge in [-0.2, -0.15) is 0 Å². The summed E-state index contributed by atoms with van der Waals surface area (Å²) in [5, 5.41) is 16.5. The number of nitrogens with one attached hydrogen (secondary N) is 3. The zero-order valence-electron chi connectivity index (χ0n) is 16.7. The van der Waals surface area contributed by atoms with Crippen LogP contribution in [0, 0.1) is 13.8 Å². The molecule has 2 aromatic carbocycles. The maximum Gasteiger partial charge on any atom is 0.325 e. The summed E-state index contributed by atoms with van der Waals surface area (Å²) in [6.07, 6.45) is 0. The summed E-state index contributed by atoms with van der Waals surface area (Å²) in [4.78, 5) is 24.3. The fraction of sp³-hybridized carbons (Fsp3) is 0.200. The highest BCUT2D eigenvalue weighted by Gasteiger charge is 2.11. The monoisotopic (exact) mass is 443 g/mol. The van der Waals surface area contributed by atoms with Crippen molar-refractivity contribution in [3.63, 3.8) is 0 Å². The SMILES string of the molecule is COc1ccc(NC(=O)Nc2nnc(SCC(=O)Nc3cc(C)ccc3C)s2)cc1. The number of benzene rings is 2. The lowest BCUT2D eigenvalue weighted by Crippen LogP contribution is -2.19. The summed E-state index contributed by atoms with van der Waals surface area (Å²) in [6.45, 7) is 3.92. The minimum Gasteiger partial charge on any atom is -0.497 e. The molecule has 3 rings (SSSR count). The van der Waals surface area contributed by atoms with Crippen molar-refractivity contribution in [1.82, 2.24) is 10.2 Å². The number of anilines is 3. The summed E-state index contributed by atoms with van der Waals surface area (Å²) in [7, 11) is 1.58. The Morgan fingerprint density at radius 3 is 2.53 bits per heavy atom. The quantitative estimate of drug-likeness (QED) is 0.366. The summed E-state index contributed by atoms with van der Waals surface area (Å²) >= 11 is 2.46. The molecule has 1 aromatic heterocycles. The molecule has 3 amide bonds. The molecule has 30 heavy (non-hydrogen) atoms. The maximum absolute atomic E-state index is 12.2. The number of carbonyl (C=O) groups is 2. The lowest BCUT2D eigenvalue weighted by atomic mass is 10.1. The number of urea groups is 1. The first-order valence-electron chi connectivity index (χ1n) is 8.98. The Morgan fingerprint density at radius 2 is 1.80 bits per heavy atom. The van der Waals surface area contributed by atoms with Crippen LogP contribution in [-0.4, -0.2) is 35.0 Å². The number of carbonyl (C=O) groups excluding carboxylic acids is 2. The number of aromatic nitrogens is 2. The van der Waals surface area contributed by atoms with Gasteiger partial charge in [-0.25, -0.2) is 4.79 Å². The second kappa shape index (κ2) is 10.1. The molecule has 8 nitrogen and oxygen atoms in total. The van der Waals surface area contributed by atoms with Gasteiger partial charge in [-0.3, -0.25) is 10.1 Å². The molecule has 156 valence electrons. The van der Waals surface area contributed by atoms with Crippen molar-refractivity contribution < 1.29 is 14.3 Å². The largest absolute Gasteiger partial charge is 0.497 e. The highest BCUT2D eigenvalue weighted by atomic mass is 32.2. The zero-order chi connectivity index (χ0) is 21.5. The Morgan fingerprint density at radius 1 is 1.03 bits per heavy atom. The molecule has 0 aliphatic carbocycles. The molecule has 0 atom stereocenters. The van der Waals surface area contributed by atoms with E-state index < -0.39 is 6.03 Å². The third-order valence-electron chi connectivity index (χ3n) is 3.97. The summed E-state index contributed by atoms with van der Waals surface area (Å²) in [6, 6.07) is 12.4. The van der Waals surface area contributed by atoms with Crippen LogP contribution in [0.1, 0.15) is 11.1 Å². The molecule has 0 spiro atoms. The third kappa shape index (κ3) is 6.19. The lowest BCUT2D eigenvalue weighted by molar-refractivity contribution is -0.113. The van der Waals surface area contributed by atoms with Crippen molar-refractivity contribution in [2.24, 2.45) is 0 Å². The first kappa shape index (κ1) is 21.6. The molecule has 0 aliphatic rings. The highest BCUT2D eigenvalue weighted by molar-refractivity contribution is 8.01. The van der Waals surface area contributed by atoms with Crippen LogP contribution < -0.4 is 20.7 Å². The molecule has 0 bridgehead atoms. The fourth-order valence-electron chi connectivity index (χ4n) is 2.44. The van der Waals surface area contributed by atoms with E-state index in [2.05, 4.69) is 26.1 Å². The van der Waals surface area contributed by atoms with E-state index in [1.54, 1.807) is 31.4 Å². The number of ether oxygens (including phenoxy) is 1. The van der Waals surface area contributed by atoms with Gasteiger partial charge in [0.2, 0.25) is 11.0 Å². The van der Waals surface area contributed by atoms with Gasteiger partial charge in [0.1, 0.15) is 5.75 Å². The number of amides is 3. The topological polar surface area (TPSA) is 105 Å². The van der Waals surface area contributed by atoms with E-state index in [0.29, 0.717) is 20.9 Å². The molecule has 3 N–H and O–H groups in total. The third-order valence-corrected chi connectivity index (χ3v) is 5.94. The van der Waals surface area contributed by atoms with Crippen molar-refractivity contribution in [2.75, 3.05) is 28.8 Å². The molecule has 0 radical (unpaired) electrons. The number of methoxy groups -OCH3 is 1. The molecule has 1 heterocycles. The van der Waals surface area contributed by atoms with E-state index in [4.69, 9.17) is 4.74 Å². The highest BCUT2D eigenvalue weighted by Crippen LogP contribution is 2.26. The molecular formula is C20H21N5O3S2. The summed E-state index contributed by atoms with van der Waals surface area (Å²) in [5.41, 5.74) is 3.51. The Bertz CT molecular complexity index is 1040. The predicted molar refractivity (Wildman–Crippen MR) is 121 cm³/mol. The molecule has 0 unspecified atom stereocenters. The van der Waals surface area contributed by atoms with Crippen LogP contribution in [0.15, 0.2) is 46.8 Å². The smallest absolute Gasteiger partial charge is 0.325 e. The van der Waals surface area contributed by atoms with Gasteiger partial charge >= 0.3 is 6.03 Å². The van der Waals surface area contributed by atoms with Crippen molar-refractivity contribution >= 4 is 51.5 Å². The van der Waals surface area contributed by atoms with E-state index in [1.165, 1.54) is 23.1 Å². The van der Waals surface area contributed by atoms with Gasteiger partial charge in [0.25, 0.3) is 0 Å². The summed E-state index contributed by atoms with van der Waals surface area (Å²) in [5.74, 6) is 0.768. The van der Waals surface area contributed by atoms with Crippen LogP contribution >= 0.6 is 23.1 Å². The van der Waals surface area contributed by atoms with Crippen LogP contribution in [0.4, 0.5) is 21.3 Å². The Labute approximate surface area is 182 Å². The molecule has 3 aromatic rings. The van der Waals surface area contributed by atoms with Gasteiger partial charge in [0, 0.05) is 11.4 Å². The second-order valence-electron chi connectivity index (χ2n) is 6.34. The lowest BCUT2D eigenvalue weighted by Gasteiger charge is -2.08. The van der Waals surface area contributed by atoms with Crippen LogP contribution in [0.3, 0.4) is 0 Å². The number of aryl methyl sites for hydroxylation is 2. The number of rotatable bonds is 7. The fourth-order valence-corrected chi connectivity index (χ4v) is 3.98. The van der Waals surface area contributed by atoms with Gasteiger partial charge < -0.3 is 15.4 Å². The van der Waals surface area contributed by atoms with Crippen LogP contribution in [0.5, 0.6) is 5.75 Å². The minimum atomic E-state index is -0.430. The van der Waals surface area contributed by atoms with Gasteiger partial charge in [-0.05, 0) is 55.3 Å². The van der Waals surface area contributed by atoms with Gasteiger partial charge in [-0.15, -0.1) is 10.2 Å². The average molecular weight is 444 g/mol. The molecule has 0 fully saturated rings. The van der Waals surface area contributed by atoms with Crippen molar-refractivity contribution in [3.05, 3.63) is 53.6 Å². The van der Waals surface area contributed by atoms with E-state index in [-0.39, 0.29) is 11.7 Å².